The van der Waals surface area contributed by atoms with E-state index in [2.05, 4.69) is 10.0 Å². The molecule has 0 saturated carbocycles. The summed E-state index contributed by atoms with van der Waals surface area (Å²) < 4.78 is 14.0. The van der Waals surface area contributed by atoms with Crippen LogP contribution < -0.4 is 14.8 Å². The van der Waals surface area contributed by atoms with Gasteiger partial charge in [-0.15, -0.1) is 0 Å². The van der Waals surface area contributed by atoms with Crippen molar-refractivity contribution in [1.82, 2.24) is 4.72 Å². The predicted molar refractivity (Wildman–Crippen MR) is 101 cm³/mol. The van der Waals surface area contributed by atoms with E-state index in [0.29, 0.717) is 12.2 Å². The van der Waals surface area contributed by atoms with E-state index in [1.54, 1.807) is 6.07 Å². The summed E-state index contributed by atoms with van der Waals surface area (Å²) in [6.45, 7) is 5.36. The number of rotatable bonds is 7. The Morgan fingerprint density at radius 1 is 1.16 bits per heavy atom. The first-order valence-corrected chi connectivity index (χ1v) is 8.99. The number of para-hydroxylation sites is 1. The van der Waals surface area contributed by atoms with E-state index in [1.807, 2.05) is 56.3 Å². The number of hydrogen-bond acceptors (Lipinski definition) is 5. The maximum atomic E-state index is 12.4. The second-order valence-electron chi connectivity index (χ2n) is 5.31. The molecule has 0 aliphatic carbocycles. The molecule has 0 saturated heterocycles. The van der Waals surface area contributed by atoms with Crippen LogP contribution in [0.2, 0.25) is 0 Å². The molecular formula is C19H20N2O3S. The van der Waals surface area contributed by atoms with Gasteiger partial charge in [0.15, 0.2) is 5.76 Å². The molecule has 25 heavy (non-hydrogen) atoms. The Kier molecular flexibility index (Phi) is 5.50. The first-order chi connectivity index (χ1) is 12.2. The molecule has 0 atom stereocenters. The van der Waals surface area contributed by atoms with Gasteiger partial charge in [0, 0.05) is 23.7 Å². The van der Waals surface area contributed by atoms with Crippen molar-refractivity contribution >= 4 is 34.5 Å². The molecule has 3 aromatic rings. The molecule has 6 heteroatoms. The number of anilines is 1. The molecule has 1 heterocycles. The van der Waals surface area contributed by atoms with Crippen LogP contribution in [0.1, 0.15) is 24.4 Å². The fourth-order valence-corrected chi connectivity index (χ4v) is 3.10. The van der Waals surface area contributed by atoms with Crippen molar-refractivity contribution in [2.75, 3.05) is 18.5 Å². The zero-order valence-corrected chi connectivity index (χ0v) is 15.0. The molecule has 0 bridgehead atoms. The Balaban J connectivity index is 1.72. The minimum Gasteiger partial charge on any atom is -0.493 e. The summed E-state index contributed by atoms with van der Waals surface area (Å²) in [6.07, 6.45) is 0. The van der Waals surface area contributed by atoms with Crippen LogP contribution >= 0.6 is 11.9 Å². The minimum absolute atomic E-state index is 0.280. The number of ether oxygens (including phenoxy) is 1. The molecule has 0 radical (unpaired) electrons. The average molecular weight is 356 g/mol. The Hall–Kier alpha value is -2.60. The van der Waals surface area contributed by atoms with Gasteiger partial charge in [-0.25, -0.2) is 0 Å². The van der Waals surface area contributed by atoms with Crippen LogP contribution in [-0.2, 0) is 0 Å². The monoisotopic (exact) mass is 356 g/mol. The third kappa shape index (κ3) is 4.09. The standard InChI is InChI=1S/C19H20N2O3S/c1-3-20-14-10-9-13-11-17(24-16(13)12-14)19(22)21-25-18-8-6-5-7-15(18)23-4-2/h5-12,20H,3-4H2,1-2H3,(H,21,22). The van der Waals surface area contributed by atoms with E-state index < -0.39 is 0 Å². The minimum atomic E-state index is -0.280. The van der Waals surface area contributed by atoms with E-state index in [4.69, 9.17) is 9.15 Å². The van der Waals surface area contributed by atoms with Crippen LogP contribution in [0, 0.1) is 0 Å². The summed E-state index contributed by atoms with van der Waals surface area (Å²) in [7, 11) is 0. The molecule has 1 aromatic heterocycles. The van der Waals surface area contributed by atoms with Gasteiger partial charge >= 0.3 is 0 Å². The molecule has 0 unspecified atom stereocenters. The Bertz CT molecular complexity index is 876. The third-order valence-corrected chi connectivity index (χ3v) is 4.37. The number of benzene rings is 2. The molecule has 0 aliphatic heterocycles. The van der Waals surface area contributed by atoms with Gasteiger partial charge in [-0.2, -0.15) is 0 Å². The van der Waals surface area contributed by atoms with Gasteiger partial charge in [0.2, 0.25) is 0 Å². The maximum Gasteiger partial charge on any atom is 0.297 e. The molecule has 130 valence electrons. The summed E-state index contributed by atoms with van der Waals surface area (Å²) in [4.78, 5) is 13.2. The fraction of sp³-hybridized carbons (Fsp3) is 0.211. The molecule has 1 amide bonds. The third-order valence-electron chi connectivity index (χ3n) is 3.53. The lowest BCUT2D eigenvalue weighted by Crippen LogP contribution is -2.14. The van der Waals surface area contributed by atoms with E-state index in [9.17, 15) is 4.79 Å². The largest absolute Gasteiger partial charge is 0.493 e. The van der Waals surface area contributed by atoms with E-state index in [1.165, 1.54) is 11.9 Å². The average Bonchev–Trinajstić information content (AvgIpc) is 3.05. The van der Waals surface area contributed by atoms with Crippen molar-refractivity contribution in [3.05, 3.63) is 54.3 Å². The highest BCUT2D eigenvalue weighted by atomic mass is 32.2. The number of fused-ring (bicyclic) bond motifs is 1. The van der Waals surface area contributed by atoms with Crippen molar-refractivity contribution < 1.29 is 13.9 Å². The van der Waals surface area contributed by atoms with Gasteiger partial charge in [0.25, 0.3) is 5.91 Å². The van der Waals surface area contributed by atoms with Gasteiger partial charge < -0.3 is 14.5 Å². The number of carbonyl (C=O) groups is 1. The van der Waals surface area contributed by atoms with Crippen LogP contribution in [0.5, 0.6) is 5.75 Å². The first-order valence-electron chi connectivity index (χ1n) is 8.17. The van der Waals surface area contributed by atoms with Crippen LogP contribution in [0.3, 0.4) is 0 Å². The summed E-state index contributed by atoms with van der Waals surface area (Å²) in [6, 6.07) is 15.1. The number of carbonyl (C=O) groups excluding carboxylic acids is 1. The molecular weight excluding hydrogens is 336 g/mol. The number of nitrogens with one attached hydrogen (secondary N) is 2. The van der Waals surface area contributed by atoms with Crippen LogP contribution in [0.4, 0.5) is 5.69 Å². The number of furan rings is 1. The highest BCUT2D eigenvalue weighted by molar-refractivity contribution is 7.98. The summed E-state index contributed by atoms with van der Waals surface area (Å²) in [5.41, 5.74) is 1.65. The first kappa shape index (κ1) is 17.2. The predicted octanol–water partition coefficient (Wildman–Crippen LogP) is 4.70. The Morgan fingerprint density at radius 2 is 2.00 bits per heavy atom. The maximum absolute atomic E-state index is 12.4. The van der Waals surface area contributed by atoms with Gasteiger partial charge in [0.1, 0.15) is 11.3 Å². The topological polar surface area (TPSA) is 63.5 Å². The zero-order chi connectivity index (χ0) is 17.6. The van der Waals surface area contributed by atoms with Crippen molar-refractivity contribution in [1.29, 1.82) is 0 Å². The summed E-state index contributed by atoms with van der Waals surface area (Å²) in [5.74, 6) is 0.748. The number of amides is 1. The normalized spacial score (nSPS) is 10.6. The molecule has 0 fully saturated rings. The zero-order valence-electron chi connectivity index (χ0n) is 14.2. The fourth-order valence-electron chi connectivity index (χ4n) is 2.42. The van der Waals surface area contributed by atoms with Crippen LogP contribution in [0.25, 0.3) is 11.0 Å². The molecule has 0 spiro atoms. The van der Waals surface area contributed by atoms with Crippen LogP contribution in [-0.4, -0.2) is 19.1 Å². The van der Waals surface area contributed by atoms with E-state index in [-0.39, 0.29) is 11.7 Å². The molecule has 0 aliphatic rings. The highest BCUT2D eigenvalue weighted by Crippen LogP contribution is 2.28. The summed E-state index contributed by atoms with van der Waals surface area (Å²) in [5, 5.41) is 4.12. The number of hydrogen-bond donors (Lipinski definition) is 2. The lowest BCUT2D eigenvalue weighted by Gasteiger charge is -2.09. The second kappa shape index (κ2) is 7.98. The van der Waals surface area contributed by atoms with E-state index in [0.717, 1.165) is 28.3 Å². The molecule has 5 nitrogen and oxygen atoms in total. The molecule has 2 aromatic carbocycles. The van der Waals surface area contributed by atoms with Crippen LogP contribution in [0.15, 0.2) is 57.8 Å². The van der Waals surface area contributed by atoms with Crippen molar-refractivity contribution in [3.8, 4) is 5.75 Å². The van der Waals surface area contributed by atoms with Gasteiger partial charge in [-0.3, -0.25) is 9.52 Å². The van der Waals surface area contributed by atoms with Crippen molar-refractivity contribution in [2.45, 2.75) is 18.7 Å². The smallest absolute Gasteiger partial charge is 0.297 e. The lowest BCUT2D eigenvalue weighted by molar-refractivity contribution is 0.0959. The van der Waals surface area contributed by atoms with Gasteiger partial charge in [-0.05, 0) is 56.1 Å². The lowest BCUT2D eigenvalue weighted by atomic mass is 10.2. The van der Waals surface area contributed by atoms with Crippen molar-refractivity contribution in [3.63, 3.8) is 0 Å². The highest BCUT2D eigenvalue weighted by Gasteiger charge is 2.14. The summed E-state index contributed by atoms with van der Waals surface area (Å²) >= 11 is 1.21. The Morgan fingerprint density at radius 3 is 2.80 bits per heavy atom. The van der Waals surface area contributed by atoms with Gasteiger partial charge in [0.05, 0.1) is 11.5 Å². The molecule has 3 rings (SSSR count). The quantitative estimate of drug-likeness (QED) is 0.601. The van der Waals surface area contributed by atoms with E-state index >= 15 is 0 Å². The Labute approximate surface area is 150 Å². The SMILES string of the molecule is CCNc1ccc2cc(C(=O)NSc3ccccc3OCC)oc2c1. The second-order valence-corrected chi connectivity index (χ2v) is 6.15. The van der Waals surface area contributed by atoms with Crippen molar-refractivity contribution in [2.24, 2.45) is 0 Å². The van der Waals surface area contributed by atoms with Gasteiger partial charge in [-0.1, -0.05) is 12.1 Å². The molecule has 2 N–H and O–H groups in total.